The van der Waals surface area contributed by atoms with Crippen LogP contribution in [0.25, 0.3) is 16.6 Å². The van der Waals surface area contributed by atoms with Gasteiger partial charge in [-0.1, -0.05) is 36.4 Å². The van der Waals surface area contributed by atoms with Crippen molar-refractivity contribution in [3.63, 3.8) is 0 Å². The van der Waals surface area contributed by atoms with E-state index in [2.05, 4.69) is 12.1 Å². The Labute approximate surface area is 179 Å². The third kappa shape index (κ3) is 4.68. The molecule has 4 rings (SSSR count). The molecule has 3 aromatic rings. The van der Waals surface area contributed by atoms with Gasteiger partial charge in [-0.25, -0.2) is 0 Å². The normalized spacial score (nSPS) is 16.8. The molecule has 7 heteroatoms. The van der Waals surface area contributed by atoms with Crippen LogP contribution in [0, 0.1) is 5.92 Å². The summed E-state index contributed by atoms with van der Waals surface area (Å²) in [5.74, 6) is -0.695. The summed E-state index contributed by atoms with van der Waals surface area (Å²) < 4.78 is 1.90. The lowest BCUT2D eigenvalue weighted by Crippen LogP contribution is -2.43. The van der Waals surface area contributed by atoms with Crippen LogP contribution < -0.4 is 5.73 Å². The predicted octanol–water partition coefficient (Wildman–Crippen LogP) is 3.40. The van der Waals surface area contributed by atoms with Gasteiger partial charge in [0.2, 0.25) is 11.8 Å². The predicted molar refractivity (Wildman–Crippen MR) is 119 cm³/mol. The zero-order chi connectivity index (χ0) is 20.9. The van der Waals surface area contributed by atoms with Gasteiger partial charge in [0.1, 0.15) is 5.69 Å². The highest BCUT2D eigenvalue weighted by Crippen LogP contribution is 2.28. The standard InChI is InChI=1S/C23H24N4O2S/c24-23(29)19-8-4-12-26(15-19)21(28)11-10-18-16-27(14-17-6-2-1-3-7-17)25-22(18)20-9-5-13-30-20/h1-3,5-7,9-11,13,16,19H,4,8,12,14-15H2,(H2,24,29)/b11-10+/t19-/m1/s1. The highest BCUT2D eigenvalue weighted by atomic mass is 32.1. The highest BCUT2D eigenvalue weighted by Gasteiger charge is 2.26. The zero-order valence-corrected chi connectivity index (χ0v) is 17.4. The quantitative estimate of drug-likeness (QED) is 0.621. The number of piperidine rings is 1. The van der Waals surface area contributed by atoms with E-state index in [9.17, 15) is 9.59 Å². The molecule has 0 bridgehead atoms. The van der Waals surface area contributed by atoms with Gasteiger partial charge in [0.05, 0.1) is 17.3 Å². The lowest BCUT2D eigenvalue weighted by atomic mass is 9.97. The van der Waals surface area contributed by atoms with Crippen molar-refractivity contribution in [1.29, 1.82) is 0 Å². The van der Waals surface area contributed by atoms with Crippen LogP contribution in [-0.2, 0) is 16.1 Å². The van der Waals surface area contributed by atoms with Gasteiger partial charge in [-0.3, -0.25) is 14.3 Å². The van der Waals surface area contributed by atoms with Gasteiger partial charge in [-0.15, -0.1) is 11.3 Å². The first kappa shape index (κ1) is 20.1. The van der Waals surface area contributed by atoms with E-state index in [1.807, 2.05) is 52.7 Å². The van der Waals surface area contributed by atoms with Crippen molar-refractivity contribution < 1.29 is 9.59 Å². The van der Waals surface area contributed by atoms with Crippen molar-refractivity contribution >= 4 is 29.2 Å². The number of amides is 2. The van der Waals surface area contributed by atoms with Crippen LogP contribution in [0.2, 0.25) is 0 Å². The molecule has 0 aliphatic carbocycles. The van der Waals surface area contributed by atoms with Crippen LogP contribution >= 0.6 is 11.3 Å². The largest absolute Gasteiger partial charge is 0.369 e. The van der Waals surface area contributed by atoms with Gasteiger partial charge in [0.25, 0.3) is 0 Å². The van der Waals surface area contributed by atoms with Gasteiger partial charge < -0.3 is 10.6 Å². The third-order valence-corrected chi connectivity index (χ3v) is 6.15. The maximum Gasteiger partial charge on any atom is 0.246 e. The Morgan fingerprint density at radius 1 is 1.20 bits per heavy atom. The van der Waals surface area contributed by atoms with E-state index in [4.69, 9.17) is 10.8 Å². The van der Waals surface area contributed by atoms with Crippen molar-refractivity contribution in [2.45, 2.75) is 19.4 Å². The number of thiophene rings is 1. The molecule has 1 fully saturated rings. The fraction of sp³-hybridized carbons (Fsp3) is 0.261. The summed E-state index contributed by atoms with van der Waals surface area (Å²) in [5.41, 5.74) is 8.35. The Balaban J connectivity index is 1.55. The summed E-state index contributed by atoms with van der Waals surface area (Å²) in [6.45, 7) is 1.70. The Morgan fingerprint density at radius 2 is 2.03 bits per heavy atom. The van der Waals surface area contributed by atoms with Crippen LogP contribution in [0.5, 0.6) is 0 Å². The van der Waals surface area contributed by atoms with Crippen molar-refractivity contribution in [3.05, 3.63) is 71.2 Å². The van der Waals surface area contributed by atoms with Crippen LogP contribution in [0.4, 0.5) is 0 Å². The SMILES string of the molecule is NC(=O)[C@@H]1CCCN(C(=O)/C=C/c2cn(Cc3ccccc3)nc2-c2cccs2)C1. The number of rotatable bonds is 6. The third-order valence-electron chi connectivity index (χ3n) is 5.27. The van der Waals surface area contributed by atoms with E-state index in [0.29, 0.717) is 19.6 Å². The number of carbonyl (C=O) groups is 2. The molecule has 30 heavy (non-hydrogen) atoms. The van der Waals surface area contributed by atoms with Crippen molar-refractivity contribution in [2.75, 3.05) is 13.1 Å². The van der Waals surface area contributed by atoms with E-state index in [-0.39, 0.29) is 17.7 Å². The summed E-state index contributed by atoms with van der Waals surface area (Å²) in [7, 11) is 0. The Kier molecular flexibility index (Phi) is 6.09. The van der Waals surface area contributed by atoms with Gasteiger partial charge in [0.15, 0.2) is 0 Å². The second-order valence-electron chi connectivity index (χ2n) is 7.45. The van der Waals surface area contributed by atoms with Gasteiger partial charge in [0, 0.05) is 30.9 Å². The molecule has 0 radical (unpaired) electrons. The minimum absolute atomic E-state index is 0.103. The van der Waals surface area contributed by atoms with E-state index in [1.54, 1.807) is 22.3 Å². The smallest absolute Gasteiger partial charge is 0.246 e. The second kappa shape index (κ2) is 9.09. The van der Waals surface area contributed by atoms with Crippen molar-refractivity contribution in [2.24, 2.45) is 11.7 Å². The minimum Gasteiger partial charge on any atom is -0.369 e. The van der Waals surface area contributed by atoms with E-state index < -0.39 is 0 Å². The molecular formula is C23H24N4O2S. The monoisotopic (exact) mass is 420 g/mol. The highest BCUT2D eigenvalue weighted by molar-refractivity contribution is 7.13. The maximum atomic E-state index is 12.7. The molecule has 3 heterocycles. The zero-order valence-electron chi connectivity index (χ0n) is 16.6. The first-order chi connectivity index (χ1) is 14.6. The molecule has 6 nitrogen and oxygen atoms in total. The minimum atomic E-state index is -0.335. The first-order valence-electron chi connectivity index (χ1n) is 10.0. The van der Waals surface area contributed by atoms with Gasteiger partial charge in [-0.2, -0.15) is 5.10 Å². The van der Waals surface area contributed by atoms with Crippen molar-refractivity contribution in [3.8, 4) is 10.6 Å². The summed E-state index contributed by atoms with van der Waals surface area (Å²) in [6, 6.07) is 14.2. The van der Waals surface area contributed by atoms with Crippen LogP contribution in [-0.4, -0.2) is 39.6 Å². The number of hydrogen-bond acceptors (Lipinski definition) is 4. The van der Waals surface area contributed by atoms with Crippen LogP contribution in [0.1, 0.15) is 24.0 Å². The van der Waals surface area contributed by atoms with Crippen LogP contribution in [0.15, 0.2) is 60.1 Å². The molecule has 1 atom stereocenters. The number of carbonyl (C=O) groups excluding carboxylic acids is 2. The number of primary amides is 1. The molecule has 2 aromatic heterocycles. The van der Waals surface area contributed by atoms with Crippen molar-refractivity contribution in [1.82, 2.24) is 14.7 Å². The Hall–Kier alpha value is -3.19. The lowest BCUT2D eigenvalue weighted by Gasteiger charge is -2.30. The average molecular weight is 421 g/mol. The number of hydrogen-bond donors (Lipinski definition) is 1. The topological polar surface area (TPSA) is 81.2 Å². The number of nitrogens with zero attached hydrogens (tertiary/aromatic N) is 3. The Morgan fingerprint density at radius 3 is 2.77 bits per heavy atom. The molecular weight excluding hydrogens is 396 g/mol. The molecule has 1 aliphatic heterocycles. The number of nitrogens with two attached hydrogens (primary N) is 1. The molecule has 2 N–H and O–H groups in total. The first-order valence-corrected chi connectivity index (χ1v) is 10.9. The molecule has 0 saturated carbocycles. The number of likely N-dealkylation sites (tertiary alicyclic amines) is 1. The van der Waals surface area contributed by atoms with E-state index in [1.165, 1.54) is 0 Å². The fourth-order valence-corrected chi connectivity index (χ4v) is 4.42. The summed E-state index contributed by atoms with van der Waals surface area (Å²) in [6.07, 6.45) is 6.90. The summed E-state index contributed by atoms with van der Waals surface area (Å²) >= 11 is 1.62. The molecule has 0 spiro atoms. The molecule has 1 aliphatic rings. The summed E-state index contributed by atoms with van der Waals surface area (Å²) in [5, 5.41) is 6.78. The lowest BCUT2D eigenvalue weighted by molar-refractivity contribution is -0.130. The second-order valence-corrected chi connectivity index (χ2v) is 8.40. The summed E-state index contributed by atoms with van der Waals surface area (Å²) in [4.78, 5) is 26.9. The van der Waals surface area contributed by atoms with Gasteiger partial charge in [-0.05, 0) is 35.9 Å². The molecule has 154 valence electrons. The number of aromatic nitrogens is 2. The molecule has 2 amide bonds. The maximum absolute atomic E-state index is 12.7. The average Bonchev–Trinajstić information content (AvgIpc) is 3.42. The van der Waals surface area contributed by atoms with Crippen LogP contribution in [0.3, 0.4) is 0 Å². The Bertz CT molecular complexity index is 1040. The number of benzene rings is 1. The van der Waals surface area contributed by atoms with E-state index in [0.717, 1.165) is 34.5 Å². The fourth-order valence-electron chi connectivity index (χ4n) is 3.69. The molecule has 1 saturated heterocycles. The molecule has 1 aromatic carbocycles. The van der Waals surface area contributed by atoms with Gasteiger partial charge >= 0.3 is 0 Å². The molecule has 0 unspecified atom stereocenters. The van der Waals surface area contributed by atoms with E-state index >= 15 is 0 Å².